The van der Waals surface area contributed by atoms with Crippen LogP contribution in [0.4, 0.5) is 0 Å². The van der Waals surface area contributed by atoms with E-state index in [-0.39, 0.29) is 0 Å². The topological polar surface area (TPSA) is 32.8 Å². The molecule has 1 N–H and O–H groups in total. The van der Waals surface area contributed by atoms with Gasteiger partial charge in [-0.05, 0) is 18.8 Å². The van der Waals surface area contributed by atoms with Gasteiger partial charge in [0, 0.05) is 7.11 Å². The highest BCUT2D eigenvalue weighted by Crippen LogP contribution is 2.32. The van der Waals surface area contributed by atoms with Crippen LogP contribution in [0.25, 0.3) is 0 Å². The summed E-state index contributed by atoms with van der Waals surface area (Å²) in [6.07, 6.45) is 7.92. The summed E-state index contributed by atoms with van der Waals surface area (Å²) in [5, 5.41) is 7.00. The van der Waals surface area contributed by atoms with Crippen LogP contribution in [0, 0.1) is 5.92 Å². The summed E-state index contributed by atoms with van der Waals surface area (Å²) >= 11 is 0. The van der Waals surface area contributed by atoms with Crippen molar-refractivity contribution in [1.82, 2.24) is 0 Å². The molecule has 2 rings (SSSR count). The standard InChI is InChI=1S/C8H14O.CH4O/c1-2-4-7(5-3-1)8-6-9-8;1-2/h7-8H,1-6H2;2H,1H3. The van der Waals surface area contributed by atoms with E-state index in [2.05, 4.69) is 0 Å². The molecule has 66 valence electrons. The van der Waals surface area contributed by atoms with E-state index in [0.29, 0.717) is 6.10 Å². The Balaban J connectivity index is 0.000000281. The summed E-state index contributed by atoms with van der Waals surface area (Å²) in [7, 11) is 1.00. The van der Waals surface area contributed by atoms with Crippen LogP contribution >= 0.6 is 0 Å². The second kappa shape index (κ2) is 4.73. The summed E-state index contributed by atoms with van der Waals surface area (Å²) in [5.74, 6) is 0.943. The average Bonchev–Trinajstić information content (AvgIpc) is 2.92. The van der Waals surface area contributed by atoms with E-state index >= 15 is 0 Å². The van der Waals surface area contributed by atoms with Crippen LogP contribution in [-0.4, -0.2) is 24.9 Å². The van der Waals surface area contributed by atoms with E-state index in [1.54, 1.807) is 0 Å². The molecule has 0 amide bonds. The molecule has 0 bridgehead atoms. The highest BCUT2D eigenvalue weighted by molar-refractivity contribution is 4.81. The fourth-order valence-electron chi connectivity index (χ4n) is 1.83. The summed E-state index contributed by atoms with van der Waals surface area (Å²) < 4.78 is 5.25. The lowest BCUT2D eigenvalue weighted by Gasteiger charge is -2.18. The molecule has 0 aromatic carbocycles. The molecular formula is C9H18O2. The van der Waals surface area contributed by atoms with Crippen LogP contribution in [0.3, 0.4) is 0 Å². The molecule has 1 saturated heterocycles. The van der Waals surface area contributed by atoms with E-state index in [1.807, 2.05) is 0 Å². The van der Waals surface area contributed by atoms with Crippen LogP contribution < -0.4 is 0 Å². The zero-order valence-corrected chi connectivity index (χ0v) is 7.25. The minimum Gasteiger partial charge on any atom is -0.400 e. The second-order valence-electron chi connectivity index (χ2n) is 3.27. The van der Waals surface area contributed by atoms with Crippen molar-refractivity contribution in [3.05, 3.63) is 0 Å². The predicted octanol–water partition coefficient (Wildman–Crippen LogP) is 1.57. The zero-order valence-electron chi connectivity index (χ0n) is 7.25. The molecule has 1 unspecified atom stereocenters. The van der Waals surface area contributed by atoms with Gasteiger partial charge in [-0.2, -0.15) is 0 Å². The van der Waals surface area contributed by atoms with Gasteiger partial charge < -0.3 is 9.84 Å². The Hall–Kier alpha value is -0.0800. The van der Waals surface area contributed by atoms with Gasteiger partial charge >= 0.3 is 0 Å². The largest absolute Gasteiger partial charge is 0.400 e. The lowest BCUT2D eigenvalue weighted by atomic mass is 9.87. The Morgan fingerprint density at radius 3 is 2.09 bits per heavy atom. The molecule has 0 radical (unpaired) electrons. The van der Waals surface area contributed by atoms with Crippen molar-refractivity contribution in [2.75, 3.05) is 13.7 Å². The lowest BCUT2D eigenvalue weighted by Crippen LogP contribution is -2.11. The SMILES string of the molecule is C1CCC(C2CO2)CC1.CO. The third-order valence-electron chi connectivity index (χ3n) is 2.53. The first-order valence-electron chi connectivity index (χ1n) is 4.53. The van der Waals surface area contributed by atoms with Crippen molar-refractivity contribution < 1.29 is 9.84 Å². The Labute approximate surface area is 68.6 Å². The van der Waals surface area contributed by atoms with E-state index < -0.39 is 0 Å². The van der Waals surface area contributed by atoms with Crippen LogP contribution in [0.15, 0.2) is 0 Å². The molecule has 1 aliphatic carbocycles. The zero-order chi connectivity index (χ0) is 8.10. The Bertz CT molecular complexity index is 93.7. The summed E-state index contributed by atoms with van der Waals surface area (Å²) in [4.78, 5) is 0. The Morgan fingerprint density at radius 2 is 1.64 bits per heavy atom. The monoisotopic (exact) mass is 158 g/mol. The van der Waals surface area contributed by atoms with Gasteiger partial charge in [-0.1, -0.05) is 19.3 Å². The Kier molecular flexibility index (Phi) is 3.87. The minimum atomic E-state index is 0.685. The van der Waals surface area contributed by atoms with Gasteiger partial charge in [-0.15, -0.1) is 0 Å². The van der Waals surface area contributed by atoms with Gasteiger partial charge in [-0.25, -0.2) is 0 Å². The van der Waals surface area contributed by atoms with Crippen molar-refractivity contribution in [3.8, 4) is 0 Å². The number of hydrogen-bond acceptors (Lipinski definition) is 2. The molecule has 2 fully saturated rings. The normalized spacial score (nSPS) is 30.5. The van der Waals surface area contributed by atoms with Crippen LogP contribution in [0.5, 0.6) is 0 Å². The first kappa shape index (κ1) is 9.01. The van der Waals surface area contributed by atoms with Gasteiger partial charge in [0.05, 0.1) is 12.7 Å². The molecule has 2 nitrogen and oxygen atoms in total. The predicted molar refractivity (Wildman–Crippen MR) is 44.5 cm³/mol. The first-order valence-corrected chi connectivity index (χ1v) is 4.53. The molecule has 2 heteroatoms. The van der Waals surface area contributed by atoms with Crippen LogP contribution in [-0.2, 0) is 4.74 Å². The highest BCUT2D eigenvalue weighted by atomic mass is 16.6. The maximum absolute atomic E-state index is 7.00. The van der Waals surface area contributed by atoms with Gasteiger partial charge in [0.2, 0.25) is 0 Å². The van der Waals surface area contributed by atoms with Crippen molar-refractivity contribution in [1.29, 1.82) is 0 Å². The molecule has 1 saturated carbocycles. The highest BCUT2D eigenvalue weighted by Gasteiger charge is 2.32. The van der Waals surface area contributed by atoms with E-state index in [0.717, 1.165) is 19.6 Å². The van der Waals surface area contributed by atoms with E-state index in [4.69, 9.17) is 9.84 Å². The quantitative estimate of drug-likeness (QED) is 0.588. The molecule has 2 aliphatic rings. The van der Waals surface area contributed by atoms with Crippen molar-refractivity contribution in [2.45, 2.75) is 38.2 Å². The first-order chi connectivity index (χ1) is 5.47. The molecule has 1 aliphatic heterocycles. The molecule has 0 aromatic heterocycles. The average molecular weight is 158 g/mol. The molecule has 0 aromatic rings. The van der Waals surface area contributed by atoms with Crippen LogP contribution in [0.1, 0.15) is 32.1 Å². The number of hydrogen-bond donors (Lipinski definition) is 1. The molecule has 11 heavy (non-hydrogen) atoms. The van der Waals surface area contributed by atoms with Gasteiger partial charge in [0.15, 0.2) is 0 Å². The lowest BCUT2D eigenvalue weighted by molar-refractivity contribution is 0.266. The summed E-state index contributed by atoms with van der Waals surface area (Å²) in [5.41, 5.74) is 0. The third-order valence-corrected chi connectivity index (χ3v) is 2.53. The minimum absolute atomic E-state index is 0.685. The van der Waals surface area contributed by atoms with Crippen molar-refractivity contribution >= 4 is 0 Å². The number of aliphatic hydroxyl groups excluding tert-OH is 1. The van der Waals surface area contributed by atoms with Crippen molar-refractivity contribution in [2.24, 2.45) is 5.92 Å². The number of epoxide rings is 1. The van der Waals surface area contributed by atoms with Crippen molar-refractivity contribution in [3.63, 3.8) is 0 Å². The molecule has 1 atom stereocenters. The summed E-state index contributed by atoms with van der Waals surface area (Å²) in [6, 6.07) is 0. The van der Waals surface area contributed by atoms with E-state index in [9.17, 15) is 0 Å². The molecule has 1 heterocycles. The Morgan fingerprint density at radius 1 is 1.09 bits per heavy atom. The van der Waals surface area contributed by atoms with Gasteiger partial charge in [0.1, 0.15) is 0 Å². The maximum Gasteiger partial charge on any atom is 0.0838 e. The number of aliphatic hydroxyl groups is 1. The number of rotatable bonds is 1. The van der Waals surface area contributed by atoms with Gasteiger partial charge in [0.25, 0.3) is 0 Å². The van der Waals surface area contributed by atoms with E-state index in [1.165, 1.54) is 32.1 Å². The molecular weight excluding hydrogens is 140 g/mol. The fourth-order valence-corrected chi connectivity index (χ4v) is 1.83. The van der Waals surface area contributed by atoms with Gasteiger partial charge in [-0.3, -0.25) is 0 Å². The third kappa shape index (κ3) is 2.80. The number of ether oxygens (including phenoxy) is 1. The maximum atomic E-state index is 7.00. The van der Waals surface area contributed by atoms with Crippen LogP contribution in [0.2, 0.25) is 0 Å². The fraction of sp³-hybridized carbons (Fsp3) is 1.00. The smallest absolute Gasteiger partial charge is 0.0838 e. The summed E-state index contributed by atoms with van der Waals surface area (Å²) in [6.45, 7) is 1.06. The second-order valence-corrected chi connectivity index (χ2v) is 3.27. The molecule has 0 spiro atoms.